The molecule has 2 aromatic heterocycles. The zero-order valence-corrected chi connectivity index (χ0v) is 17.0. The summed E-state index contributed by atoms with van der Waals surface area (Å²) in [5.74, 6) is 0.979. The minimum Gasteiger partial charge on any atom is -0.497 e. The lowest BCUT2D eigenvalue weighted by Crippen LogP contribution is -2.32. The van der Waals surface area contributed by atoms with Gasteiger partial charge in [-0.2, -0.15) is 0 Å². The first-order valence-electron chi connectivity index (χ1n) is 9.45. The summed E-state index contributed by atoms with van der Waals surface area (Å²) in [7, 11) is 3.13. The largest absolute Gasteiger partial charge is 0.497 e. The monoisotopic (exact) mass is 406 g/mol. The van der Waals surface area contributed by atoms with Gasteiger partial charge in [0.1, 0.15) is 29.1 Å². The molecule has 0 saturated carbocycles. The van der Waals surface area contributed by atoms with Gasteiger partial charge in [-0.1, -0.05) is 11.6 Å². The third kappa shape index (κ3) is 3.59. The van der Waals surface area contributed by atoms with Gasteiger partial charge in [-0.05, 0) is 31.2 Å². The van der Waals surface area contributed by atoms with Gasteiger partial charge in [0.2, 0.25) is 5.91 Å². The standard InChI is InChI=1S/C22H22N4O4/c1-13-4-7-17-16(8-13)20-21(25-17)22(28)26(12-24-20)11-19(27)23-10-14-5-6-15(29-2)9-18(14)30-3/h4-9,12,25H,10-11H2,1-3H3,(H,23,27). The molecule has 0 atom stereocenters. The lowest BCUT2D eigenvalue weighted by Gasteiger charge is -2.12. The Kier molecular flexibility index (Phi) is 5.14. The van der Waals surface area contributed by atoms with Crippen molar-refractivity contribution in [3.63, 3.8) is 0 Å². The number of H-pyrrole nitrogens is 1. The van der Waals surface area contributed by atoms with Crippen LogP contribution in [0.25, 0.3) is 21.9 Å². The number of amides is 1. The Labute approximate surface area is 172 Å². The van der Waals surface area contributed by atoms with Crippen LogP contribution >= 0.6 is 0 Å². The minimum absolute atomic E-state index is 0.130. The van der Waals surface area contributed by atoms with Crippen LogP contribution in [0.4, 0.5) is 0 Å². The van der Waals surface area contributed by atoms with Gasteiger partial charge in [-0.25, -0.2) is 4.98 Å². The fourth-order valence-corrected chi connectivity index (χ4v) is 3.42. The Hall–Kier alpha value is -3.81. The van der Waals surface area contributed by atoms with Crippen LogP contribution < -0.4 is 20.3 Å². The summed E-state index contributed by atoms with van der Waals surface area (Å²) in [5.41, 5.74) is 3.45. The molecule has 0 aliphatic carbocycles. The number of hydrogen-bond donors (Lipinski definition) is 2. The molecule has 2 heterocycles. The SMILES string of the molecule is COc1ccc(CNC(=O)Cn2cnc3c([nH]c4ccc(C)cc43)c2=O)c(OC)c1. The Morgan fingerprint density at radius 2 is 2.00 bits per heavy atom. The lowest BCUT2D eigenvalue weighted by atomic mass is 10.2. The fraction of sp³-hybridized carbons (Fsp3) is 0.227. The van der Waals surface area contributed by atoms with E-state index in [-0.39, 0.29) is 24.6 Å². The number of aromatic nitrogens is 3. The number of benzene rings is 2. The Morgan fingerprint density at radius 1 is 1.17 bits per heavy atom. The highest BCUT2D eigenvalue weighted by atomic mass is 16.5. The Bertz CT molecular complexity index is 1310. The van der Waals surface area contributed by atoms with Crippen LogP contribution in [-0.4, -0.2) is 34.7 Å². The van der Waals surface area contributed by atoms with Crippen LogP contribution in [-0.2, 0) is 17.9 Å². The van der Waals surface area contributed by atoms with Crippen molar-refractivity contribution in [2.45, 2.75) is 20.0 Å². The maximum Gasteiger partial charge on any atom is 0.278 e. The number of carbonyl (C=O) groups is 1. The highest BCUT2D eigenvalue weighted by Crippen LogP contribution is 2.24. The topological polar surface area (TPSA) is 98.2 Å². The van der Waals surface area contributed by atoms with Crippen LogP contribution in [0, 0.1) is 6.92 Å². The maximum absolute atomic E-state index is 12.8. The highest BCUT2D eigenvalue weighted by molar-refractivity contribution is 6.04. The molecular formula is C22H22N4O4. The lowest BCUT2D eigenvalue weighted by molar-refractivity contribution is -0.121. The summed E-state index contributed by atoms with van der Waals surface area (Å²) in [6.07, 6.45) is 1.41. The van der Waals surface area contributed by atoms with Gasteiger partial charge >= 0.3 is 0 Å². The summed E-state index contributed by atoms with van der Waals surface area (Å²) in [6, 6.07) is 11.2. The first kappa shape index (κ1) is 19.5. The second kappa shape index (κ2) is 7.90. The number of ether oxygens (including phenoxy) is 2. The molecule has 4 rings (SSSR count). The van der Waals surface area contributed by atoms with Crippen molar-refractivity contribution in [1.29, 1.82) is 0 Å². The zero-order chi connectivity index (χ0) is 21.3. The van der Waals surface area contributed by atoms with Crippen molar-refractivity contribution in [2.75, 3.05) is 14.2 Å². The molecule has 0 aliphatic rings. The van der Waals surface area contributed by atoms with Gasteiger partial charge in [-0.15, -0.1) is 0 Å². The van der Waals surface area contributed by atoms with Crippen molar-refractivity contribution < 1.29 is 14.3 Å². The molecule has 0 saturated heterocycles. The van der Waals surface area contributed by atoms with Crippen molar-refractivity contribution in [3.8, 4) is 11.5 Å². The number of hydrogen-bond acceptors (Lipinski definition) is 5. The second-order valence-electron chi connectivity index (χ2n) is 7.03. The van der Waals surface area contributed by atoms with E-state index in [1.165, 1.54) is 10.9 Å². The molecule has 0 unspecified atom stereocenters. The third-order valence-electron chi connectivity index (χ3n) is 5.01. The molecule has 2 N–H and O–H groups in total. The van der Waals surface area contributed by atoms with Crippen LogP contribution in [0.3, 0.4) is 0 Å². The number of aromatic amines is 1. The van der Waals surface area contributed by atoms with Crippen LogP contribution in [0.5, 0.6) is 11.5 Å². The highest BCUT2D eigenvalue weighted by Gasteiger charge is 2.13. The normalized spacial score (nSPS) is 11.0. The average molecular weight is 406 g/mol. The van der Waals surface area contributed by atoms with Crippen LogP contribution in [0.15, 0.2) is 47.5 Å². The van der Waals surface area contributed by atoms with Gasteiger partial charge in [0.15, 0.2) is 0 Å². The van der Waals surface area contributed by atoms with E-state index in [0.717, 1.165) is 22.0 Å². The van der Waals surface area contributed by atoms with Crippen molar-refractivity contribution in [2.24, 2.45) is 0 Å². The molecule has 4 aromatic rings. The predicted molar refractivity (Wildman–Crippen MR) is 114 cm³/mol. The molecule has 8 heteroatoms. The van der Waals surface area contributed by atoms with Gasteiger partial charge in [0.25, 0.3) is 5.56 Å². The predicted octanol–water partition coefficient (Wildman–Crippen LogP) is 2.52. The number of nitrogens with zero attached hydrogens (tertiary/aromatic N) is 2. The van der Waals surface area contributed by atoms with Crippen molar-refractivity contribution in [1.82, 2.24) is 19.9 Å². The van der Waals surface area contributed by atoms with Gasteiger partial charge < -0.3 is 19.8 Å². The fourth-order valence-electron chi connectivity index (χ4n) is 3.42. The van der Waals surface area contributed by atoms with Crippen molar-refractivity contribution in [3.05, 3.63) is 64.2 Å². The molecule has 0 fully saturated rings. The maximum atomic E-state index is 12.8. The van der Waals surface area contributed by atoms with Gasteiger partial charge in [0.05, 0.1) is 20.5 Å². The number of aryl methyl sites for hydroxylation is 1. The Morgan fingerprint density at radius 3 is 2.77 bits per heavy atom. The Balaban J connectivity index is 1.53. The van der Waals surface area contributed by atoms with E-state index in [0.29, 0.717) is 22.5 Å². The minimum atomic E-state index is -0.303. The average Bonchev–Trinajstić information content (AvgIpc) is 3.12. The van der Waals surface area contributed by atoms with Crippen LogP contribution in [0.1, 0.15) is 11.1 Å². The molecule has 1 amide bonds. The molecule has 8 nitrogen and oxygen atoms in total. The summed E-state index contributed by atoms with van der Waals surface area (Å²) >= 11 is 0. The molecule has 0 bridgehead atoms. The summed E-state index contributed by atoms with van der Waals surface area (Å²) < 4.78 is 11.8. The molecule has 2 aromatic carbocycles. The second-order valence-corrected chi connectivity index (χ2v) is 7.03. The number of nitrogens with one attached hydrogen (secondary N) is 2. The van der Waals surface area contributed by atoms with E-state index >= 15 is 0 Å². The number of fused-ring (bicyclic) bond motifs is 3. The van der Waals surface area contributed by atoms with E-state index in [9.17, 15) is 9.59 Å². The third-order valence-corrected chi connectivity index (χ3v) is 5.01. The smallest absolute Gasteiger partial charge is 0.278 e. The van der Waals surface area contributed by atoms with E-state index in [2.05, 4.69) is 15.3 Å². The first-order chi connectivity index (χ1) is 14.5. The van der Waals surface area contributed by atoms with E-state index in [1.807, 2.05) is 31.2 Å². The molecule has 30 heavy (non-hydrogen) atoms. The molecule has 0 aliphatic heterocycles. The van der Waals surface area contributed by atoms with Gasteiger partial charge in [0, 0.05) is 29.1 Å². The summed E-state index contributed by atoms with van der Waals surface area (Å²) in [5, 5.41) is 3.71. The molecule has 154 valence electrons. The van der Waals surface area contributed by atoms with Crippen molar-refractivity contribution >= 4 is 27.8 Å². The van der Waals surface area contributed by atoms with Crippen LogP contribution in [0.2, 0.25) is 0 Å². The molecular weight excluding hydrogens is 384 g/mol. The first-order valence-corrected chi connectivity index (χ1v) is 9.45. The number of carbonyl (C=O) groups excluding carboxylic acids is 1. The van der Waals surface area contributed by atoms with E-state index in [4.69, 9.17) is 9.47 Å². The summed E-state index contributed by atoms with van der Waals surface area (Å²) in [4.78, 5) is 32.8. The zero-order valence-electron chi connectivity index (χ0n) is 17.0. The van der Waals surface area contributed by atoms with E-state index in [1.54, 1.807) is 26.4 Å². The molecule has 0 radical (unpaired) electrons. The number of rotatable bonds is 6. The quantitative estimate of drug-likeness (QED) is 0.513. The van der Waals surface area contributed by atoms with E-state index < -0.39 is 0 Å². The summed E-state index contributed by atoms with van der Waals surface area (Å²) in [6.45, 7) is 2.12. The molecule has 0 spiro atoms. The van der Waals surface area contributed by atoms with Gasteiger partial charge in [-0.3, -0.25) is 14.2 Å². The number of methoxy groups -OCH3 is 2.